The van der Waals surface area contributed by atoms with Gasteiger partial charge in [0.1, 0.15) is 0 Å². The predicted molar refractivity (Wildman–Crippen MR) is 55.3 cm³/mol. The van der Waals surface area contributed by atoms with E-state index in [1.807, 2.05) is 26.8 Å². The first-order valence-electron chi connectivity index (χ1n) is 4.39. The van der Waals surface area contributed by atoms with Gasteiger partial charge >= 0.3 is 0 Å². The highest BCUT2D eigenvalue weighted by Crippen LogP contribution is 2.21. The molecule has 0 aliphatic heterocycles. The Bertz CT molecular complexity index is 383. The van der Waals surface area contributed by atoms with Crippen molar-refractivity contribution in [3.63, 3.8) is 0 Å². The second-order valence-electron chi connectivity index (χ2n) is 3.29. The molecule has 0 saturated heterocycles. The largest absolute Gasteiger partial charge is 0.319 e. The Morgan fingerprint density at radius 3 is 2.43 bits per heavy atom. The van der Waals surface area contributed by atoms with Crippen molar-refractivity contribution in [1.82, 2.24) is 0 Å². The van der Waals surface area contributed by atoms with E-state index >= 15 is 0 Å². The number of nitrogens with one attached hydrogen (secondary N) is 1. The van der Waals surface area contributed by atoms with Gasteiger partial charge in [0.15, 0.2) is 0 Å². The summed E-state index contributed by atoms with van der Waals surface area (Å²) in [6.45, 7) is 5.91. The summed E-state index contributed by atoms with van der Waals surface area (Å²) >= 11 is 0. The fourth-order valence-corrected chi connectivity index (χ4v) is 1.25. The van der Waals surface area contributed by atoms with Crippen LogP contribution in [0.5, 0.6) is 0 Å². The van der Waals surface area contributed by atoms with Crippen LogP contribution in [0, 0.1) is 20.8 Å². The minimum absolute atomic E-state index is 0.272. The highest BCUT2D eigenvalue weighted by molar-refractivity contribution is 6.29. The molecule has 74 valence electrons. The zero-order valence-corrected chi connectivity index (χ0v) is 8.55. The van der Waals surface area contributed by atoms with E-state index in [1.165, 1.54) is 5.56 Å². The quantitative estimate of drug-likeness (QED) is 0.571. The smallest absolute Gasteiger partial charge is 0.288 e. The Morgan fingerprint density at radius 1 is 1.21 bits per heavy atom. The SMILES string of the molecule is Cc1ccc(NC(=O)C=O)c(C)c1C. The van der Waals surface area contributed by atoms with Crippen LogP contribution in [0.3, 0.4) is 0 Å². The molecule has 0 unspecified atom stereocenters. The molecule has 1 aromatic rings. The molecule has 0 spiro atoms. The first kappa shape index (κ1) is 10.4. The van der Waals surface area contributed by atoms with Crippen molar-refractivity contribution in [2.75, 3.05) is 5.32 Å². The number of carbonyl (C=O) groups is 2. The van der Waals surface area contributed by atoms with E-state index in [1.54, 1.807) is 6.07 Å². The van der Waals surface area contributed by atoms with Crippen LogP contribution in [0.15, 0.2) is 12.1 Å². The summed E-state index contributed by atoms with van der Waals surface area (Å²) in [6.07, 6.45) is 0.272. The van der Waals surface area contributed by atoms with Crippen molar-refractivity contribution in [3.05, 3.63) is 28.8 Å². The third-order valence-corrected chi connectivity index (χ3v) is 2.42. The topological polar surface area (TPSA) is 46.2 Å². The van der Waals surface area contributed by atoms with Gasteiger partial charge in [-0.3, -0.25) is 9.59 Å². The van der Waals surface area contributed by atoms with Gasteiger partial charge in [-0.15, -0.1) is 0 Å². The van der Waals surface area contributed by atoms with Gasteiger partial charge < -0.3 is 5.32 Å². The Balaban J connectivity index is 3.05. The fraction of sp³-hybridized carbons (Fsp3) is 0.273. The van der Waals surface area contributed by atoms with Crippen LogP contribution in [-0.4, -0.2) is 12.2 Å². The van der Waals surface area contributed by atoms with Crippen molar-refractivity contribution >= 4 is 17.9 Å². The van der Waals surface area contributed by atoms with Crippen molar-refractivity contribution in [2.45, 2.75) is 20.8 Å². The maximum atomic E-state index is 10.9. The standard InChI is InChI=1S/C11H13NO2/c1-7-4-5-10(9(3)8(7)2)12-11(14)6-13/h4-6H,1-3H3,(H,12,14). The summed E-state index contributed by atoms with van der Waals surface area (Å²) < 4.78 is 0. The zero-order chi connectivity index (χ0) is 10.7. The average molecular weight is 191 g/mol. The van der Waals surface area contributed by atoms with Gasteiger partial charge in [-0.25, -0.2) is 0 Å². The molecular formula is C11H13NO2. The minimum Gasteiger partial charge on any atom is -0.319 e. The molecular weight excluding hydrogens is 178 g/mol. The van der Waals surface area contributed by atoms with Crippen LogP contribution in [0.4, 0.5) is 5.69 Å². The number of amides is 1. The van der Waals surface area contributed by atoms with E-state index < -0.39 is 5.91 Å². The summed E-state index contributed by atoms with van der Waals surface area (Å²) in [6, 6.07) is 3.72. The van der Waals surface area contributed by atoms with E-state index in [4.69, 9.17) is 0 Å². The third kappa shape index (κ3) is 1.99. The second kappa shape index (κ2) is 4.05. The Labute approximate surface area is 83.1 Å². The lowest BCUT2D eigenvalue weighted by Gasteiger charge is -2.10. The monoisotopic (exact) mass is 191 g/mol. The van der Waals surface area contributed by atoms with Crippen molar-refractivity contribution < 1.29 is 9.59 Å². The normalized spacial score (nSPS) is 9.64. The molecule has 0 bridgehead atoms. The highest BCUT2D eigenvalue weighted by Gasteiger charge is 2.05. The summed E-state index contributed by atoms with van der Waals surface area (Å²) in [4.78, 5) is 21.0. The molecule has 0 aliphatic carbocycles. The van der Waals surface area contributed by atoms with Crippen LogP contribution in [0.25, 0.3) is 0 Å². The van der Waals surface area contributed by atoms with E-state index in [0.717, 1.165) is 11.1 Å². The van der Waals surface area contributed by atoms with Crippen molar-refractivity contribution in [3.8, 4) is 0 Å². The molecule has 14 heavy (non-hydrogen) atoms. The fourth-order valence-electron chi connectivity index (χ4n) is 1.25. The Hall–Kier alpha value is -1.64. The predicted octanol–water partition coefficient (Wildman–Crippen LogP) is 1.75. The molecule has 0 saturated carbocycles. The molecule has 1 rings (SSSR count). The van der Waals surface area contributed by atoms with Crippen LogP contribution in [0.1, 0.15) is 16.7 Å². The van der Waals surface area contributed by atoms with Crippen molar-refractivity contribution in [1.29, 1.82) is 0 Å². The Kier molecular flexibility index (Phi) is 3.02. The summed E-state index contributed by atoms with van der Waals surface area (Å²) in [5.41, 5.74) is 4.01. The maximum Gasteiger partial charge on any atom is 0.288 e. The molecule has 1 aromatic carbocycles. The van der Waals surface area contributed by atoms with E-state index in [2.05, 4.69) is 5.32 Å². The molecule has 0 aromatic heterocycles. The first-order chi connectivity index (χ1) is 6.56. The van der Waals surface area contributed by atoms with Gasteiger partial charge in [0.05, 0.1) is 0 Å². The number of hydrogen-bond donors (Lipinski definition) is 1. The first-order valence-corrected chi connectivity index (χ1v) is 4.39. The van der Waals surface area contributed by atoms with Gasteiger partial charge in [0.2, 0.25) is 6.29 Å². The van der Waals surface area contributed by atoms with E-state index in [0.29, 0.717) is 5.69 Å². The lowest BCUT2D eigenvalue weighted by Crippen LogP contribution is -2.13. The molecule has 0 fully saturated rings. The second-order valence-corrected chi connectivity index (χ2v) is 3.29. The molecule has 0 aliphatic rings. The van der Waals surface area contributed by atoms with Crippen LogP contribution in [-0.2, 0) is 9.59 Å². The average Bonchev–Trinajstić information content (AvgIpc) is 2.19. The van der Waals surface area contributed by atoms with Gasteiger partial charge in [0, 0.05) is 5.69 Å². The van der Waals surface area contributed by atoms with E-state index in [9.17, 15) is 9.59 Å². The maximum absolute atomic E-state index is 10.9. The Morgan fingerprint density at radius 2 is 1.86 bits per heavy atom. The van der Waals surface area contributed by atoms with Gasteiger partial charge in [-0.1, -0.05) is 6.07 Å². The molecule has 3 nitrogen and oxygen atoms in total. The summed E-state index contributed by atoms with van der Waals surface area (Å²) in [5, 5.41) is 2.52. The van der Waals surface area contributed by atoms with Crippen LogP contribution >= 0.6 is 0 Å². The molecule has 0 heterocycles. The lowest BCUT2D eigenvalue weighted by molar-refractivity contribution is -0.127. The highest BCUT2D eigenvalue weighted by atomic mass is 16.2. The number of anilines is 1. The van der Waals surface area contributed by atoms with Crippen LogP contribution < -0.4 is 5.32 Å². The number of aryl methyl sites for hydroxylation is 1. The van der Waals surface area contributed by atoms with E-state index in [-0.39, 0.29) is 6.29 Å². The number of hydrogen-bond acceptors (Lipinski definition) is 2. The minimum atomic E-state index is -0.614. The lowest BCUT2D eigenvalue weighted by atomic mass is 10.0. The van der Waals surface area contributed by atoms with Gasteiger partial charge in [-0.05, 0) is 43.5 Å². The molecule has 0 radical (unpaired) electrons. The zero-order valence-electron chi connectivity index (χ0n) is 8.55. The third-order valence-electron chi connectivity index (χ3n) is 2.42. The number of aldehydes is 1. The molecule has 0 atom stereocenters. The number of carbonyl (C=O) groups excluding carboxylic acids is 2. The molecule has 1 N–H and O–H groups in total. The van der Waals surface area contributed by atoms with Crippen LogP contribution in [0.2, 0.25) is 0 Å². The van der Waals surface area contributed by atoms with Gasteiger partial charge in [0.25, 0.3) is 5.91 Å². The van der Waals surface area contributed by atoms with Crippen molar-refractivity contribution in [2.24, 2.45) is 0 Å². The summed E-state index contributed by atoms with van der Waals surface area (Å²) in [7, 11) is 0. The number of benzene rings is 1. The molecule has 1 amide bonds. The molecule has 3 heteroatoms. The summed E-state index contributed by atoms with van der Waals surface area (Å²) in [5.74, 6) is -0.614. The van der Waals surface area contributed by atoms with Gasteiger partial charge in [-0.2, -0.15) is 0 Å². The number of rotatable bonds is 2.